The fourth-order valence-electron chi connectivity index (χ4n) is 4.63. The van der Waals surface area contributed by atoms with Crippen molar-refractivity contribution in [2.75, 3.05) is 20.3 Å². The molecule has 25 heavy (non-hydrogen) atoms. The zero-order valence-corrected chi connectivity index (χ0v) is 15.1. The number of hydrogen-bond donors (Lipinski definition) is 0. The van der Waals surface area contributed by atoms with Crippen molar-refractivity contribution in [2.45, 2.75) is 62.8 Å². The lowest BCUT2D eigenvalue weighted by molar-refractivity contribution is -0.103. The summed E-state index contributed by atoms with van der Waals surface area (Å²) in [5.41, 5.74) is 1.95. The van der Waals surface area contributed by atoms with Crippen molar-refractivity contribution >= 4 is 0 Å². The number of benzene rings is 1. The molecule has 3 atom stereocenters. The summed E-state index contributed by atoms with van der Waals surface area (Å²) in [7, 11) is 1.87. The van der Waals surface area contributed by atoms with E-state index in [1.54, 1.807) is 0 Å². The minimum absolute atomic E-state index is 0.00766. The van der Waals surface area contributed by atoms with Crippen molar-refractivity contribution in [3.05, 3.63) is 35.4 Å². The van der Waals surface area contributed by atoms with Crippen molar-refractivity contribution in [3.8, 4) is 6.07 Å². The van der Waals surface area contributed by atoms with Crippen LogP contribution in [0.1, 0.15) is 49.7 Å². The molecule has 0 amide bonds. The number of fused-ring (bicyclic) bond motifs is 1. The van der Waals surface area contributed by atoms with E-state index in [1.807, 2.05) is 25.3 Å². The van der Waals surface area contributed by atoms with Crippen LogP contribution in [-0.4, -0.2) is 42.9 Å². The SMILES string of the molecule is CO[C@@]12CC[C@@H](OCC3CC3)C[C@@H]1N(Cc1cccc(C#N)c1)CC2. The third-order valence-corrected chi connectivity index (χ3v) is 6.36. The van der Waals surface area contributed by atoms with Crippen LogP contribution in [0, 0.1) is 17.2 Å². The van der Waals surface area contributed by atoms with E-state index in [1.165, 1.54) is 18.4 Å². The second-order valence-electron chi connectivity index (χ2n) is 7.99. The molecule has 4 heteroatoms. The van der Waals surface area contributed by atoms with Crippen LogP contribution in [0.3, 0.4) is 0 Å². The summed E-state index contributed by atoms with van der Waals surface area (Å²) in [6.07, 6.45) is 7.45. The molecule has 1 aliphatic heterocycles. The first-order valence-corrected chi connectivity index (χ1v) is 9.62. The summed E-state index contributed by atoms with van der Waals surface area (Å²) in [4.78, 5) is 2.55. The van der Waals surface area contributed by atoms with E-state index in [0.29, 0.717) is 12.1 Å². The summed E-state index contributed by atoms with van der Waals surface area (Å²) in [5.74, 6) is 0.822. The monoisotopic (exact) mass is 340 g/mol. The first-order valence-electron chi connectivity index (χ1n) is 9.62. The molecular formula is C21H28N2O2. The Hall–Kier alpha value is -1.41. The highest BCUT2D eigenvalue weighted by molar-refractivity contribution is 5.32. The van der Waals surface area contributed by atoms with Gasteiger partial charge in [0.15, 0.2) is 0 Å². The zero-order valence-electron chi connectivity index (χ0n) is 15.1. The lowest BCUT2D eigenvalue weighted by Crippen LogP contribution is -2.51. The molecular weight excluding hydrogens is 312 g/mol. The minimum atomic E-state index is -0.00766. The Balaban J connectivity index is 1.45. The van der Waals surface area contributed by atoms with Gasteiger partial charge in [-0.1, -0.05) is 12.1 Å². The average molecular weight is 340 g/mol. The van der Waals surface area contributed by atoms with E-state index >= 15 is 0 Å². The molecule has 0 radical (unpaired) electrons. The van der Waals surface area contributed by atoms with Gasteiger partial charge in [0.25, 0.3) is 0 Å². The van der Waals surface area contributed by atoms with E-state index in [-0.39, 0.29) is 5.60 Å². The van der Waals surface area contributed by atoms with Crippen LogP contribution in [0.4, 0.5) is 0 Å². The van der Waals surface area contributed by atoms with Gasteiger partial charge in [0, 0.05) is 32.8 Å². The molecule has 1 heterocycles. The molecule has 0 spiro atoms. The molecule has 4 rings (SSSR count). The highest BCUT2D eigenvalue weighted by atomic mass is 16.5. The van der Waals surface area contributed by atoms with Crippen LogP contribution in [0.15, 0.2) is 24.3 Å². The molecule has 4 nitrogen and oxygen atoms in total. The number of hydrogen-bond acceptors (Lipinski definition) is 4. The molecule has 0 N–H and O–H groups in total. The lowest BCUT2D eigenvalue weighted by atomic mass is 9.79. The third kappa shape index (κ3) is 3.60. The number of ether oxygens (including phenoxy) is 2. The van der Waals surface area contributed by atoms with E-state index in [9.17, 15) is 0 Å². The van der Waals surface area contributed by atoms with Gasteiger partial charge >= 0.3 is 0 Å². The van der Waals surface area contributed by atoms with E-state index < -0.39 is 0 Å². The van der Waals surface area contributed by atoms with Gasteiger partial charge in [-0.05, 0) is 62.1 Å². The summed E-state index contributed by atoms with van der Waals surface area (Å²) >= 11 is 0. The Morgan fingerprint density at radius 1 is 1.28 bits per heavy atom. The Kier molecular flexibility index (Phi) is 4.82. The Labute approximate surface area is 150 Å². The largest absolute Gasteiger partial charge is 0.378 e. The van der Waals surface area contributed by atoms with Crippen LogP contribution in [0.5, 0.6) is 0 Å². The van der Waals surface area contributed by atoms with Crippen molar-refractivity contribution in [3.63, 3.8) is 0 Å². The van der Waals surface area contributed by atoms with Gasteiger partial charge in [-0.25, -0.2) is 0 Å². The molecule has 2 aliphatic carbocycles. The van der Waals surface area contributed by atoms with Gasteiger partial charge in [0.2, 0.25) is 0 Å². The maximum atomic E-state index is 9.13. The van der Waals surface area contributed by atoms with Crippen molar-refractivity contribution in [1.29, 1.82) is 5.26 Å². The standard InChI is InChI=1S/C21H28N2O2/c1-24-21-8-7-19(25-15-16-5-6-16)12-20(21)23(10-9-21)14-18-4-2-3-17(11-18)13-22/h2-4,11,16,19-20H,5-10,12,14-15H2,1H3/t19-,20+,21-/m1/s1. The van der Waals surface area contributed by atoms with Gasteiger partial charge in [-0.2, -0.15) is 5.26 Å². The fourth-order valence-corrected chi connectivity index (χ4v) is 4.63. The molecule has 3 fully saturated rings. The van der Waals surface area contributed by atoms with Gasteiger partial charge in [-0.3, -0.25) is 4.90 Å². The van der Waals surface area contributed by atoms with Crippen LogP contribution < -0.4 is 0 Å². The highest BCUT2D eigenvalue weighted by Gasteiger charge is 2.51. The Morgan fingerprint density at radius 2 is 2.16 bits per heavy atom. The second-order valence-corrected chi connectivity index (χ2v) is 7.99. The predicted octanol–water partition coefficient (Wildman–Crippen LogP) is 3.50. The molecule has 1 aromatic rings. The van der Waals surface area contributed by atoms with Gasteiger partial charge in [0.05, 0.1) is 23.3 Å². The summed E-state index contributed by atoms with van der Waals surface area (Å²) in [5, 5.41) is 9.13. The van der Waals surface area contributed by atoms with Crippen molar-refractivity contribution in [2.24, 2.45) is 5.92 Å². The molecule has 1 aromatic carbocycles. The maximum absolute atomic E-state index is 9.13. The van der Waals surface area contributed by atoms with Gasteiger partial charge < -0.3 is 9.47 Å². The number of likely N-dealkylation sites (tertiary alicyclic amines) is 1. The first kappa shape index (κ1) is 17.0. The normalized spacial score (nSPS) is 32.3. The quantitative estimate of drug-likeness (QED) is 0.795. The molecule has 0 bridgehead atoms. The van der Waals surface area contributed by atoms with Gasteiger partial charge in [-0.15, -0.1) is 0 Å². The number of nitriles is 1. The molecule has 0 unspecified atom stereocenters. The second kappa shape index (κ2) is 7.07. The fraction of sp³-hybridized carbons (Fsp3) is 0.667. The summed E-state index contributed by atoms with van der Waals surface area (Å²) in [6, 6.07) is 10.6. The average Bonchev–Trinajstić information content (AvgIpc) is 3.42. The van der Waals surface area contributed by atoms with Gasteiger partial charge in [0.1, 0.15) is 0 Å². The van der Waals surface area contributed by atoms with Crippen molar-refractivity contribution in [1.82, 2.24) is 4.90 Å². The van der Waals surface area contributed by atoms with E-state index in [2.05, 4.69) is 17.0 Å². The van der Waals surface area contributed by atoms with Crippen LogP contribution in [0.25, 0.3) is 0 Å². The highest BCUT2D eigenvalue weighted by Crippen LogP contribution is 2.44. The van der Waals surface area contributed by atoms with Crippen LogP contribution in [-0.2, 0) is 16.0 Å². The Morgan fingerprint density at radius 3 is 2.92 bits per heavy atom. The molecule has 1 saturated heterocycles. The number of methoxy groups -OCH3 is 1. The maximum Gasteiger partial charge on any atom is 0.0991 e. The van der Waals surface area contributed by atoms with E-state index in [0.717, 1.165) is 56.9 Å². The lowest BCUT2D eigenvalue weighted by Gasteiger charge is -2.43. The molecule has 2 saturated carbocycles. The number of rotatable bonds is 6. The molecule has 0 aromatic heterocycles. The Bertz CT molecular complexity index is 652. The predicted molar refractivity (Wildman–Crippen MR) is 96.0 cm³/mol. The third-order valence-electron chi connectivity index (χ3n) is 6.36. The summed E-state index contributed by atoms with van der Waals surface area (Å²) in [6.45, 7) is 2.90. The van der Waals surface area contributed by atoms with Crippen LogP contribution >= 0.6 is 0 Å². The molecule has 134 valence electrons. The molecule has 3 aliphatic rings. The summed E-state index contributed by atoms with van der Waals surface area (Å²) < 4.78 is 12.3. The number of nitrogens with zero attached hydrogens (tertiary/aromatic N) is 2. The smallest absolute Gasteiger partial charge is 0.0991 e. The van der Waals surface area contributed by atoms with E-state index in [4.69, 9.17) is 14.7 Å². The first-order chi connectivity index (χ1) is 12.2. The topological polar surface area (TPSA) is 45.5 Å². The van der Waals surface area contributed by atoms with Crippen molar-refractivity contribution < 1.29 is 9.47 Å². The zero-order chi connectivity index (χ0) is 17.3. The minimum Gasteiger partial charge on any atom is -0.378 e. The van der Waals surface area contributed by atoms with Crippen LogP contribution in [0.2, 0.25) is 0 Å².